The van der Waals surface area contributed by atoms with Crippen molar-refractivity contribution in [2.24, 2.45) is 0 Å². The molecule has 0 amide bonds. The maximum atomic E-state index is 11.1. The Kier molecular flexibility index (Phi) is 5.21. The molecule has 0 atom stereocenters. The van der Waals surface area contributed by atoms with Crippen LogP contribution >= 0.6 is 11.8 Å². The van der Waals surface area contributed by atoms with Crippen molar-refractivity contribution in [2.75, 3.05) is 26.6 Å². The smallest absolute Gasteiger partial charge is 0.337 e. The van der Waals surface area contributed by atoms with E-state index in [0.717, 1.165) is 17.3 Å². The van der Waals surface area contributed by atoms with E-state index in [4.69, 9.17) is 4.74 Å². The first-order valence-corrected chi connectivity index (χ1v) is 5.56. The molecular weight excluding hydrogens is 212 g/mol. The van der Waals surface area contributed by atoms with Gasteiger partial charge in [0.1, 0.15) is 0 Å². The Balaban J connectivity index is 2.52. The van der Waals surface area contributed by atoms with Crippen LogP contribution in [0.25, 0.3) is 0 Å². The van der Waals surface area contributed by atoms with Crippen molar-refractivity contribution in [3.63, 3.8) is 0 Å². The van der Waals surface area contributed by atoms with Crippen LogP contribution in [0, 0.1) is 0 Å². The molecule has 4 heteroatoms. The lowest BCUT2D eigenvalue weighted by Crippen LogP contribution is -2.00. The number of rotatable bonds is 5. The highest BCUT2D eigenvalue weighted by molar-refractivity contribution is 7.99. The van der Waals surface area contributed by atoms with Crippen molar-refractivity contribution in [1.82, 2.24) is 0 Å². The van der Waals surface area contributed by atoms with E-state index in [9.17, 15) is 4.79 Å². The summed E-state index contributed by atoms with van der Waals surface area (Å²) in [7, 11) is 3.06. The Labute approximate surface area is 93.8 Å². The number of methoxy groups -OCH3 is 2. The summed E-state index contributed by atoms with van der Waals surface area (Å²) in [5.74, 6) is 0.608. The van der Waals surface area contributed by atoms with Crippen molar-refractivity contribution >= 4 is 17.7 Å². The van der Waals surface area contributed by atoms with Crippen LogP contribution in [-0.4, -0.2) is 32.5 Å². The number of benzene rings is 1. The molecule has 0 spiro atoms. The Bertz CT molecular complexity index is 308. The largest absolute Gasteiger partial charge is 0.465 e. The third-order valence-electron chi connectivity index (χ3n) is 1.83. The predicted octanol–water partition coefficient (Wildman–Crippen LogP) is 2.21. The summed E-state index contributed by atoms with van der Waals surface area (Å²) in [4.78, 5) is 12.3. The molecule has 1 rings (SSSR count). The minimum atomic E-state index is -0.302. The van der Waals surface area contributed by atoms with Gasteiger partial charge in [0, 0.05) is 17.8 Å². The van der Waals surface area contributed by atoms with Gasteiger partial charge in [0.05, 0.1) is 19.3 Å². The second-order valence-electron chi connectivity index (χ2n) is 2.86. The second kappa shape index (κ2) is 6.48. The van der Waals surface area contributed by atoms with E-state index in [2.05, 4.69) is 4.74 Å². The quantitative estimate of drug-likeness (QED) is 0.438. The summed E-state index contributed by atoms with van der Waals surface area (Å²) in [6.45, 7) is 0.726. The number of thioether (sulfide) groups is 1. The monoisotopic (exact) mass is 226 g/mol. The van der Waals surface area contributed by atoms with E-state index in [0.29, 0.717) is 5.56 Å². The fourth-order valence-electron chi connectivity index (χ4n) is 1.05. The highest BCUT2D eigenvalue weighted by atomic mass is 32.2. The summed E-state index contributed by atoms with van der Waals surface area (Å²) in [6.07, 6.45) is 0. The first kappa shape index (κ1) is 12.1. The van der Waals surface area contributed by atoms with E-state index in [1.54, 1.807) is 31.0 Å². The minimum Gasteiger partial charge on any atom is -0.465 e. The van der Waals surface area contributed by atoms with Gasteiger partial charge in [-0.15, -0.1) is 11.8 Å². The predicted molar refractivity (Wildman–Crippen MR) is 60.4 cm³/mol. The molecule has 3 nitrogen and oxygen atoms in total. The van der Waals surface area contributed by atoms with Gasteiger partial charge in [0.15, 0.2) is 0 Å². The fraction of sp³-hybridized carbons (Fsp3) is 0.364. The zero-order chi connectivity index (χ0) is 11.1. The molecule has 0 aliphatic rings. The molecule has 0 fully saturated rings. The maximum Gasteiger partial charge on any atom is 0.337 e. The highest BCUT2D eigenvalue weighted by Crippen LogP contribution is 2.18. The van der Waals surface area contributed by atoms with Crippen LogP contribution in [0.4, 0.5) is 0 Å². The molecule has 15 heavy (non-hydrogen) atoms. The molecule has 0 aromatic heterocycles. The summed E-state index contributed by atoms with van der Waals surface area (Å²) in [5, 5.41) is 0. The summed E-state index contributed by atoms with van der Waals surface area (Å²) in [6, 6.07) is 7.35. The first-order valence-electron chi connectivity index (χ1n) is 4.58. The molecule has 0 radical (unpaired) electrons. The van der Waals surface area contributed by atoms with E-state index in [-0.39, 0.29) is 5.97 Å². The van der Waals surface area contributed by atoms with Gasteiger partial charge in [0.2, 0.25) is 0 Å². The van der Waals surface area contributed by atoms with Crippen LogP contribution in [0.1, 0.15) is 10.4 Å². The summed E-state index contributed by atoms with van der Waals surface area (Å²) >= 11 is 1.70. The lowest BCUT2D eigenvalue weighted by Gasteiger charge is -2.02. The number of carbonyl (C=O) groups excluding carboxylic acids is 1. The Morgan fingerprint density at radius 1 is 1.27 bits per heavy atom. The SMILES string of the molecule is COCCSc1ccc(C(=O)OC)cc1. The normalized spacial score (nSPS) is 10.0. The summed E-state index contributed by atoms with van der Waals surface area (Å²) in [5.41, 5.74) is 0.577. The van der Waals surface area contributed by atoms with E-state index in [1.807, 2.05) is 12.1 Å². The topological polar surface area (TPSA) is 35.5 Å². The third kappa shape index (κ3) is 3.93. The fourth-order valence-corrected chi connectivity index (χ4v) is 1.86. The van der Waals surface area contributed by atoms with Crippen LogP contribution in [0.2, 0.25) is 0 Å². The summed E-state index contributed by atoms with van der Waals surface area (Å²) < 4.78 is 9.56. The maximum absolute atomic E-state index is 11.1. The van der Waals surface area contributed by atoms with E-state index in [1.165, 1.54) is 7.11 Å². The number of carbonyl (C=O) groups is 1. The molecule has 0 saturated carbocycles. The Hall–Kier alpha value is -1.00. The lowest BCUT2D eigenvalue weighted by atomic mass is 10.2. The van der Waals surface area contributed by atoms with Crippen LogP contribution in [0.5, 0.6) is 0 Å². The lowest BCUT2D eigenvalue weighted by molar-refractivity contribution is 0.0600. The number of esters is 1. The van der Waals surface area contributed by atoms with Crippen molar-refractivity contribution < 1.29 is 14.3 Å². The van der Waals surface area contributed by atoms with Gasteiger partial charge in [-0.25, -0.2) is 4.79 Å². The van der Waals surface area contributed by atoms with Gasteiger partial charge in [0.25, 0.3) is 0 Å². The van der Waals surface area contributed by atoms with Crippen molar-refractivity contribution in [3.8, 4) is 0 Å². The average Bonchev–Trinajstić information content (AvgIpc) is 2.29. The molecule has 82 valence electrons. The number of hydrogen-bond acceptors (Lipinski definition) is 4. The van der Waals surface area contributed by atoms with Crippen LogP contribution in [0.15, 0.2) is 29.2 Å². The van der Waals surface area contributed by atoms with E-state index < -0.39 is 0 Å². The van der Waals surface area contributed by atoms with Crippen LogP contribution in [-0.2, 0) is 9.47 Å². The van der Waals surface area contributed by atoms with Crippen molar-refractivity contribution in [3.05, 3.63) is 29.8 Å². The molecule has 0 bridgehead atoms. The molecule has 0 aliphatic carbocycles. The second-order valence-corrected chi connectivity index (χ2v) is 4.03. The first-order chi connectivity index (χ1) is 7.27. The number of hydrogen-bond donors (Lipinski definition) is 0. The van der Waals surface area contributed by atoms with Gasteiger partial charge in [-0.2, -0.15) is 0 Å². The molecule has 0 saturated heterocycles. The molecule has 1 aromatic carbocycles. The van der Waals surface area contributed by atoms with Crippen LogP contribution in [0.3, 0.4) is 0 Å². The van der Waals surface area contributed by atoms with Gasteiger partial charge in [-0.3, -0.25) is 0 Å². The highest BCUT2D eigenvalue weighted by Gasteiger charge is 2.03. The van der Waals surface area contributed by atoms with Gasteiger partial charge >= 0.3 is 5.97 Å². The van der Waals surface area contributed by atoms with Gasteiger partial charge < -0.3 is 9.47 Å². The average molecular weight is 226 g/mol. The molecule has 0 N–H and O–H groups in total. The molecular formula is C11H14O3S. The Morgan fingerprint density at radius 2 is 1.93 bits per heavy atom. The molecule has 0 unspecified atom stereocenters. The van der Waals surface area contributed by atoms with E-state index >= 15 is 0 Å². The van der Waals surface area contributed by atoms with Crippen molar-refractivity contribution in [2.45, 2.75) is 4.90 Å². The standard InChI is InChI=1S/C11H14O3S/c1-13-7-8-15-10-5-3-9(4-6-10)11(12)14-2/h3-6H,7-8H2,1-2H3. The zero-order valence-corrected chi connectivity index (χ0v) is 9.67. The van der Waals surface area contributed by atoms with Gasteiger partial charge in [-0.05, 0) is 24.3 Å². The van der Waals surface area contributed by atoms with Gasteiger partial charge in [-0.1, -0.05) is 0 Å². The minimum absolute atomic E-state index is 0.302. The van der Waals surface area contributed by atoms with Crippen LogP contribution < -0.4 is 0 Å². The third-order valence-corrected chi connectivity index (χ3v) is 2.81. The zero-order valence-electron chi connectivity index (χ0n) is 8.86. The molecule has 0 heterocycles. The molecule has 1 aromatic rings. The number of ether oxygens (including phenoxy) is 2. The molecule has 0 aliphatic heterocycles. The van der Waals surface area contributed by atoms with Crippen molar-refractivity contribution in [1.29, 1.82) is 0 Å². The Morgan fingerprint density at radius 3 is 2.47 bits per heavy atom.